The number of nitrogens with one attached hydrogen (secondary N) is 2. The van der Waals surface area contributed by atoms with E-state index in [1.165, 1.54) is 38.5 Å². The van der Waals surface area contributed by atoms with Gasteiger partial charge in [0.2, 0.25) is 5.91 Å². The third kappa shape index (κ3) is 2.22. The average Bonchev–Trinajstić information content (AvgIpc) is 2.76. The Kier molecular flexibility index (Phi) is 3.12. The summed E-state index contributed by atoms with van der Waals surface area (Å²) in [5, 5.41) is 6.67. The van der Waals surface area contributed by atoms with E-state index < -0.39 is 0 Å². The van der Waals surface area contributed by atoms with Gasteiger partial charge in [-0.05, 0) is 50.0 Å². The SMILES string of the molecule is CCCC1CC1NC(=O)C1NCC2CCCC21. The molecule has 3 fully saturated rings. The summed E-state index contributed by atoms with van der Waals surface area (Å²) in [5.74, 6) is 2.45. The zero-order valence-electron chi connectivity index (χ0n) is 10.7. The summed E-state index contributed by atoms with van der Waals surface area (Å²) in [5.41, 5.74) is 0. The van der Waals surface area contributed by atoms with Gasteiger partial charge in [0.15, 0.2) is 0 Å². The molecule has 1 heterocycles. The molecule has 0 radical (unpaired) electrons. The van der Waals surface area contributed by atoms with Crippen molar-refractivity contribution in [1.29, 1.82) is 0 Å². The molecular weight excluding hydrogens is 212 g/mol. The van der Waals surface area contributed by atoms with Crippen LogP contribution in [0.5, 0.6) is 0 Å². The van der Waals surface area contributed by atoms with E-state index >= 15 is 0 Å². The lowest BCUT2D eigenvalue weighted by molar-refractivity contribution is -0.124. The lowest BCUT2D eigenvalue weighted by Crippen LogP contribution is -2.45. The maximum absolute atomic E-state index is 12.2. The largest absolute Gasteiger partial charge is 0.352 e. The molecule has 3 rings (SSSR count). The van der Waals surface area contributed by atoms with Crippen LogP contribution in [0, 0.1) is 17.8 Å². The van der Waals surface area contributed by atoms with Gasteiger partial charge in [0, 0.05) is 6.04 Å². The van der Waals surface area contributed by atoms with E-state index in [4.69, 9.17) is 0 Å². The van der Waals surface area contributed by atoms with Crippen LogP contribution >= 0.6 is 0 Å². The van der Waals surface area contributed by atoms with Gasteiger partial charge in [-0.1, -0.05) is 19.8 Å². The van der Waals surface area contributed by atoms with Crippen LogP contribution in [0.4, 0.5) is 0 Å². The highest BCUT2D eigenvalue weighted by Crippen LogP contribution is 2.39. The normalized spacial score (nSPS) is 43.5. The molecule has 2 N–H and O–H groups in total. The van der Waals surface area contributed by atoms with Gasteiger partial charge in [-0.15, -0.1) is 0 Å². The monoisotopic (exact) mass is 236 g/mol. The minimum Gasteiger partial charge on any atom is -0.352 e. The minimum absolute atomic E-state index is 0.116. The predicted octanol–water partition coefficient (Wildman–Crippen LogP) is 1.68. The molecule has 0 aromatic heterocycles. The zero-order chi connectivity index (χ0) is 11.8. The zero-order valence-corrected chi connectivity index (χ0v) is 10.7. The Bertz CT molecular complexity index is 305. The number of hydrogen-bond donors (Lipinski definition) is 2. The molecule has 3 aliphatic rings. The molecule has 0 aromatic rings. The molecule has 1 amide bonds. The molecule has 3 nitrogen and oxygen atoms in total. The van der Waals surface area contributed by atoms with E-state index in [1.54, 1.807) is 0 Å². The highest BCUT2D eigenvalue weighted by molar-refractivity contribution is 5.83. The Morgan fingerprint density at radius 1 is 1.41 bits per heavy atom. The first kappa shape index (κ1) is 11.5. The third-order valence-electron chi connectivity index (χ3n) is 4.94. The second-order valence-electron chi connectivity index (χ2n) is 6.14. The smallest absolute Gasteiger partial charge is 0.237 e. The van der Waals surface area contributed by atoms with Gasteiger partial charge in [-0.2, -0.15) is 0 Å². The van der Waals surface area contributed by atoms with Crippen LogP contribution < -0.4 is 10.6 Å². The number of carbonyl (C=O) groups excluding carboxylic acids is 1. The van der Waals surface area contributed by atoms with Gasteiger partial charge in [0.25, 0.3) is 0 Å². The number of fused-ring (bicyclic) bond motifs is 1. The van der Waals surface area contributed by atoms with E-state index in [2.05, 4.69) is 17.6 Å². The highest BCUT2D eigenvalue weighted by Gasteiger charge is 2.45. The van der Waals surface area contributed by atoms with Crippen molar-refractivity contribution in [2.24, 2.45) is 17.8 Å². The molecule has 2 saturated carbocycles. The second kappa shape index (κ2) is 4.60. The molecule has 0 aromatic carbocycles. The molecule has 1 aliphatic heterocycles. The summed E-state index contributed by atoms with van der Waals surface area (Å²) >= 11 is 0. The van der Waals surface area contributed by atoms with Crippen LogP contribution in [-0.2, 0) is 4.79 Å². The Morgan fingerprint density at radius 2 is 2.29 bits per heavy atom. The maximum Gasteiger partial charge on any atom is 0.237 e. The summed E-state index contributed by atoms with van der Waals surface area (Å²) in [6.45, 7) is 3.28. The van der Waals surface area contributed by atoms with Crippen LogP contribution in [0.2, 0.25) is 0 Å². The van der Waals surface area contributed by atoms with Crippen molar-refractivity contribution in [2.75, 3.05) is 6.54 Å². The molecule has 2 aliphatic carbocycles. The lowest BCUT2D eigenvalue weighted by atomic mass is 9.93. The maximum atomic E-state index is 12.2. The van der Waals surface area contributed by atoms with E-state index in [1.807, 2.05) is 0 Å². The number of rotatable bonds is 4. The lowest BCUT2D eigenvalue weighted by Gasteiger charge is -2.17. The van der Waals surface area contributed by atoms with Gasteiger partial charge in [-0.25, -0.2) is 0 Å². The van der Waals surface area contributed by atoms with Crippen molar-refractivity contribution in [3.8, 4) is 0 Å². The molecule has 1 saturated heterocycles. The first-order valence-electron chi connectivity index (χ1n) is 7.33. The van der Waals surface area contributed by atoms with Crippen molar-refractivity contribution >= 4 is 5.91 Å². The van der Waals surface area contributed by atoms with Gasteiger partial charge < -0.3 is 10.6 Å². The quantitative estimate of drug-likeness (QED) is 0.780. The van der Waals surface area contributed by atoms with Crippen LogP contribution in [0.25, 0.3) is 0 Å². The Labute approximate surface area is 104 Å². The van der Waals surface area contributed by atoms with Crippen LogP contribution in [0.3, 0.4) is 0 Å². The van der Waals surface area contributed by atoms with Crippen molar-refractivity contribution in [3.05, 3.63) is 0 Å². The Balaban J connectivity index is 1.50. The standard InChI is InChI=1S/C14H24N2O/c1-2-4-9-7-12(9)16-14(17)13-11-6-3-5-10(11)8-15-13/h9-13,15H,2-8H2,1H3,(H,16,17). The van der Waals surface area contributed by atoms with Crippen molar-refractivity contribution < 1.29 is 4.79 Å². The summed E-state index contributed by atoms with van der Waals surface area (Å²) in [4.78, 5) is 12.2. The molecule has 17 heavy (non-hydrogen) atoms. The fourth-order valence-electron chi connectivity index (χ4n) is 3.86. The van der Waals surface area contributed by atoms with E-state index in [9.17, 15) is 4.79 Å². The third-order valence-corrected chi connectivity index (χ3v) is 4.94. The van der Waals surface area contributed by atoms with Gasteiger partial charge in [0.05, 0.1) is 6.04 Å². The molecule has 5 atom stereocenters. The molecule has 0 bridgehead atoms. The molecule has 3 heteroatoms. The first-order valence-corrected chi connectivity index (χ1v) is 7.33. The van der Waals surface area contributed by atoms with Crippen molar-refractivity contribution in [2.45, 2.75) is 57.5 Å². The van der Waals surface area contributed by atoms with Gasteiger partial charge >= 0.3 is 0 Å². The average molecular weight is 236 g/mol. The molecule has 0 spiro atoms. The van der Waals surface area contributed by atoms with E-state index in [0.717, 1.165) is 18.4 Å². The fourth-order valence-corrected chi connectivity index (χ4v) is 3.86. The number of hydrogen-bond acceptors (Lipinski definition) is 2. The number of amides is 1. The van der Waals surface area contributed by atoms with E-state index in [-0.39, 0.29) is 11.9 Å². The fraction of sp³-hybridized carbons (Fsp3) is 0.929. The molecule has 96 valence electrons. The summed E-state index contributed by atoms with van der Waals surface area (Å²) < 4.78 is 0. The van der Waals surface area contributed by atoms with Gasteiger partial charge in [0.1, 0.15) is 0 Å². The minimum atomic E-state index is 0.116. The summed E-state index contributed by atoms with van der Waals surface area (Å²) in [7, 11) is 0. The Hall–Kier alpha value is -0.570. The summed E-state index contributed by atoms with van der Waals surface area (Å²) in [6.07, 6.45) is 7.61. The summed E-state index contributed by atoms with van der Waals surface area (Å²) in [6, 6.07) is 0.607. The highest BCUT2D eigenvalue weighted by atomic mass is 16.2. The second-order valence-corrected chi connectivity index (χ2v) is 6.14. The van der Waals surface area contributed by atoms with Crippen LogP contribution in [-0.4, -0.2) is 24.5 Å². The van der Waals surface area contributed by atoms with Crippen LogP contribution in [0.15, 0.2) is 0 Å². The van der Waals surface area contributed by atoms with E-state index in [0.29, 0.717) is 12.0 Å². The first-order chi connectivity index (χ1) is 8.29. The molecule has 5 unspecified atom stereocenters. The van der Waals surface area contributed by atoms with Crippen LogP contribution in [0.1, 0.15) is 45.4 Å². The molecular formula is C14H24N2O. The predicted molar refractivity (Wildman–Crippen MR) is 67.6 cm³/mol. The number of carbonyl (C=O) groups is 1. The topological polar surface area (TPSA) is 41.1 Å². The Morgan fingerprint density at radius 3 is 3.12 bits per heavy atom. The van der Waals surface area contributed by atoms with Gasteiger partial charge in [-0.3, -0.25) is 4.79 Å². The van der Waals surface area contributed by atoms with Crippen molar-refractivity contribution in [1.82, 2.24) is 10.6 Å². The van der Waals surface area contributed by atoms with Crippen molar-refractivity contribution in [3.63, 3.8) is 0 Å².